The third kappa shape index (κ3) is 4.66. The smallest absolute Gasteiger partial charge is 0.206 e. The number of Topliss-reactive ketones (excluding diaryl/α,β-unsaturated/α-hetero) is 1. The van der Waals surface area contributed by atoms with Crippen LogP contribution in [-0.2, 0) is 6.42 Å². The molecule has 0 radical (unpaired) electrons. The Morgan fingerprint density at radius 2 is 1.96 bits per heavy atom. The summed E-state index contributed by atoms with van der Waals surface area (Å²) in [5, 5.41) is 12.8. The van der Waals surface area contributed by atoms with Crippen LogP contribution in [0.1, 0.15) is 29.2 Å². The summed E-state index contributed by atoms with van der Waals surface area (Å²) in [6, 6.07) is 5.11. The van der Waals surface area contributed by atoms with Crippen LogP contribution < -0.4 is 14.8 Å². The normalized spacial score (nSPS) is 10.7. The summed E-state index contributed by atoms with van der Waals surface area (Å²) in [6.07, 6.45) is 0.892. The maximum absolute atomic E-state index is 12.3. The van der Waals surface area contributed by atoms with E-state index in [0.717, 1.165) is 11.4 Å². The first kappa shape index (κ1) is 17.2. The first-order valence-corrected chi connectivity index (χ1v) is 8.16. The average Bonchev–Trinajstić information content (AvgIpc) is 2.98. The fraction of sp³-hybridized carbons (Fsp3) is 0.438. The first-order valence-electron chi connectivity index (χ1n) is 7.35. The molecule has 6 nitrogen and oxygen atoms in total. The average molecular weight is 335 g/mol. The van der Waals surface area contributed by atoms with Gasteiger partial charge in [0.15, 0.2) is 17.3 Å². The van der Waals surface area contributed by atoms with Crippen molar-refractivity contribution in [2.75, 3.05) is 26.1 Å². The van der Waals surface area contributed by atoms with Crippen molar-refractivity contribution >= 4 is 22.3 Å². The summed E-state index contributed by atoms with van der Waals surface area (Å²) in [5.74, 6) is 1.61. The topological polar surface area (TPSA) is 73.3 Å². The number of anilines is 1. The number of methoxy groups -OCH3 is 2. The van der Waals surface area contributed by atoms with E-state index < -0.39 is 0 Å². The molecule has 124 valence electrons. The lowest BCUT2D eigenvalue weighted by atomic mass is 10.1. The van der Waals surface area contributed by atoms with E-state index in [4.69, 9.17) is 9.47 Å². The van der Waals surface area contributed by atoms with Crippen molar-refractivity contribution in [1.29, 1.82) is 0 Å². The van der Waals surface area contributed by atoms with Crippen molar-refractivity contribution in [3.05, 3.63) is 28.8 Å². The second-order valence-corrected chi connectivity index (χ2v) is 6.51. The highest BCUT2D eigenvalue weighted by Crippen LogP contribution is 2.27. The van der Waals surface area contributed by atoms with Crippen molar-refractivity contribution in [3.63, 3.8) is 0 Å². The molecule has 0 amide bonds. The van der Waals surface area contributed by atoms with Gasteiger partial charge in [-0.15, -0.1) is 10.2 Å². The molecule has 23 heavy (non-hydrogen) atoms. The maximum atomic E-state index is 12.3. The Morgan fingerprint density at radius 1 is 1.22 bits per heavy atom. The van der Waals surface area contributed by atoms with Gasteiger partial charge < -0.3 is 14.8 Å². The molecule has 0 aliphatic heterocycles. The largest absolute Gasteiger partial charge is 0.493 e. The Kier molecular flexibility index (Phi) is 5.92. The van der Waals surface area contributed by atoms with Crippen molar-refractivity contribution in [3.8, 4) is 11.5 Å². The molecule has 0 aliphatic carbocycles. The summed E-state index contributed by atoms with van der Waals surface area (Å²) in [4.78, 5) is 12.3. The quantitative estimate of drug-likeness (QED) is 0.748. The number of ketones is 1. The number of carbonyl (C=O) groups excluding carboxylic acids is 1. The molecule has 0 atom stereocenters. The molecule has 0 unspecified atom stereocenters. The van der Waals surface area contributed by atoms with Crippen LogP contribution in [0.25, 0.3) is 0 Å². The molecule has 1 aromatic heterocycles. The molecule has 0 fully saturated rings. The van der Waals surface area contributed by atoms with E-state index in [1.54, 1.807) is 32.4 Å². The fourth-order valence-corrected chi connectivity index (χ4v) is 2.97. The van der Waals surface area contributed by atoms with Crippen LogP contribution in [0.4, 0.5) is 5.13 Å². The van der Waals surface area contributed by atoms with Gasteiger partial charge in [0.05, 0.1) is 20.8 Å². The molecule has 1 aromatic carbocycles. The van der Waals surface area contributed by atoms with Gasteiger partial charge in [-0.2, -0.15) is 0 Å². The molecule has 0 saturated carbocycles. The van der Waals surface area contributed by atoms with Gasteiger partial charge >= 0.3 is 0 Å². The Hall–Kier alpha value is -2.15. The fourth-order valence-electron chi connectivity index (χ4n) is 2.02. The molecule has 0 spiro atoms. The molecule has 2 rings (SSSR count). The Labute approximate surface area is 139 Å². The number of hydrogen-bond donors (Lipinski definition) is 1. The lowest BCUT2D eigenvalue weighted by molar-refractivity contribution is 0.101. The number of benzene rings is 1. The first-order chi connectivity index (χ1) is 11.0. The monoisotopic (exact) mass is 335 g/mol. The minimum Gasteiger partial charge on any atom is -0.493 e. The van der Waals surface area contributed by atoms with Gasteiger partial charge in [-0.25, -0.2) is 0 Å². The molecular weight excluding hydrogens is 314 g/mol. The molecule has 7 heteroatoms. The summed E-state index contributed by atoms with van der Waals surface area (Å²) in [5.41, 5.74) is 0.557. The van der Waals surface area contributed by atoms with E-state index in [1.807, 2.05) is 0 Å². The van der Waals surface area contributed by atoms with Crippen LogP contribution in [0.2, 0.25) is 0 Å². The zero-order chi connectivity index (χ0) is 16.8. The van der Waals surface area contributed by atoms with Gasteiger partial charge in [0.2, 0.25) is 5.13 Å². The molecule has 0 aliphatic rings. The van der Waals surface area contributed by atoms with Crippen LogP contribution >= 0.6 is 11.3 Å². The number of hydrogen-bond acceptors (Lipinski definition) is 7. The number of rotatable bonds is 8. The number of carbonyl (C=O) groups is 1. The van der Waals surface area contributed by atoms with Crippen LogP contribution in [0.3, 0.4) is 0 Å². The van der Waals surface area contributed by atoms with E-state index in [1.165, 1.54) is 11.3 Å². The van der Waals surface area contributed by atoms with E-state index in [-0.39, 0.29) is 12.3 Å². The number of ether oxygens (including phenoxy) is 2. The van der Waals surface area contributed by atoms with Crippen molar-refractivity contribution < 1.29 is 14.3 Å². The third-order valence-electron chi connectivity index (χ3n) is 3.16. The predicted octanol–water partition coefficient (Wildman–Crippen LogP) is 3.05. The SMILES string of the molecule is COc1ccc(C(=O)CNc2nnc(CC(C)C)s2)cc1OC. The van der Waals surface area contributed by atoms with E-state index in [9.17, 15) is 4.79 Å². The maximum Gasteiger partial charge on any atom is 0.206 e. The molecule has 0 bridgehead atoms. The molecular formula is C16H21N3O3S. The zero-order valence-corrected chi connectivity index (χ0v) is 14.6. The standard InChI is InChI=1S/C16H21N3O3S/c1-10(2)7-15-18-19-16(23-15)17-9-12(20)11-5-6-13(21-3)14(8-11)22-4/h5-6,8,10H,7,9H2,1-4H3,(H,17,19). The van der Waals surface area contributed by atoms with Gasteiger partial charge in [-0.3, -0.25) is 4.79 Å². The molecule has 1 N–H and O–H groups in total. The van der Waals surface area contributed by atoms with Crippen molar-refractivity contribution in [1.82, 2.24) is 10.2 Å². The Bertz CT molecular complexity index is 670. The van der Waals surface area contributed by atoms with Crippen molar-refractivity contribution in [2.45, 2.75) is 20.3 Å². The number of nitrogens with one attached hydrogen (secondary N) is 1. The van der Waals surface area contributed by atoms with Crippen LogP contribution in [-0.4, -0.2) is 36.7 Å². The van der Waals surface area contributed by atoms with E-state index >= 15 is 0 Å². The second kappa shape index (κ2) is 7.92. The molecule has 2 aromatic rings. The Balaban J connectivity index is 1.98. The number of nitrogens with zero attached hydrogens (tertiary/aromatic N) is 2. The minimum atomic E-state index is -0.0495. The van der Waals surface area contributed by atoms with Gasteiger partial charge in [-0.05, 0) is 24.1 Å². The molecule has 0 saturated heterocycles. The minimum absolute atomic E-state index is 0.0495. The predicted molar refractivity (Wildman–Crippen MR) is 90.8 cm³/mol. The van der Waals surface area contributed by atoms with Crippen LogP contribution in [0, 0.1) is 5.92 Å². The zero-order valence-electron chi connectivity index (χ0n) is 13.8. The highest BCUT2D eigenvalue weighted by molar-refractivity contribution is 7.15. The van der Waals surface area contributed by atoms with Crippen molar-refractivity contribution in [2.24, 2.45) is 5.92 Å². The van der Waals surface area contributed by atoms with E-state index in [0.29, 0.717) is 28.1 Å². The number of aromatic nitrogens is 2. The van der Waals surface area contributed by atoms with Gasteiger partial charge in [-0.1, -0.05) is 25.2 Å². The van der Waals surface area contributed by atoms with Crippen LogP contribution in [0.15, 0.2) is 18.2 Å². The summed E-state index contributed by atoms with van der Waals surface area (Å²) in [6.45, 7) is 4.43. The highest BCUT2D eigenvalue weighted by atomic mass is 32.1. The Morgan fingerprint density at radius 3 is 2.61 bits per heavy atom. The van der Waals surface area contributed by atoms with E-state index in [2.05, 4.69) is 29.4 Å². The summed E-state index contributed by atoms with van der Waals surface area (Å²) in [7, 11) is 3.10. The lowest BCUT2D eigenvalue weighted by Gasteiger charge is -2.09. The molecule has 1 heterocycles. The van der Waals surface area contributed by atoms with Gasteiger partial charge in [0, 0.05) is 12.0 Å². The summed E-state index contributed by atoms with van der Waals surface area (Å²) < 4.78 is 10.4. The highest BCUT2D eigenvalue weighted by Gasteiger charge is 2.12. The van der Waals surface area contributed by atoms with Gasteiger partial charge in [0.1, 0.15) is 5.01 Å². The summed E-state index contributed by atoms with van der Waals surface area (Å²) >= 11 is 1.48. The lowest BCUT2D eigenvalue weighted by Crippen LogP contribution is -2.14. The van der Waals surface area contributed by atoms with Crippen LogP contribution in [0.5, 0.6) is 11.5 Å². The van der Waals surface area contributed by atoms with Gasteiger partial charge in [0.25, 0.3) is 0 Å². The second-order valence-electron chi connectivity index (χ2n) is 5.45. The third-order valence-corrected chi connectivity index (χ3v) is 4.06.